The number of halogens is 1. The van der Waals surface area contributed by atoms with Crippen molar-refractivity contribution in [3.8, 4) is 0 Å². The molecule has 0 heterocycles. The van der Waals surface area contributed by atoms with Crippen LogP contribution in [0.2, 0.25) is 0 Å². The zero-order chi connectivity index (χ0) is 15.4. The molecule has 0 aromatic heterocycles. The first-order chi connectivity index (χ1) is 10.0. The maximum Gasteiger partial charge on any atom is 0.338 e. The number of rotatable bonds is 4. The Kier molecular flexibility index (Phi) is 5.24. The van der Waals surface area contributed by atoms with Crippen molar-refractivity contribution in [1.29, 1.82) is 0 Å². The van der Waals surface area contributed by atoms with E-state index in [0.29, 0.717) is 0 Å². The van der Waals surface area contributed by atoms with Gasteiger partial charge in [0.25, 0.3) is 0 Å². The molecule has 0 aliphatic carbocycles. The summed E-state index contributed by atoms with van der Waals surface area (Å²) in [6, 6.07) is 12.5. The summed E-state index contributed by atoms with van der Waals surface area (Å²) in [5, 5.41) is 9.11. The molecule has 1 N–H and O–H groups in total. The Morgan fingerprint density at radius 1 is 1.05 bits per heavy atom. The van der Waals surface area contributed by atoms with Crippen molar-refractivity contribution in [2.45, 2.75) is 9.79 Å². The second kappa shape index (κ2) is 6.95. The summed E-state index contributed by atoms with van der Waals surface area (Å²) in [5.41, 5.74) is -0.00526. The maximum atomic E-state index is 11.7. The Bertz CT molecular complexity index is 683. The average Bonchev–Trinajstić information content (AvgIpc) is 2.48. The molecule has 2 aromatic carbocycles. The zero-order valence-corrected chi connectivity index (χ0v) is 14.0. The van der Waals surface area contributed by atoms with Crippen LogP contribution in [-0.4, -0.2) is 24.2 Å². The lowest BCUT2D eigenvalue weighted by atomic mass is 10.1. The number of carboxylic acid groups (broad SMARTS) is 1. The second-order valence-corrected chi connectivity index (χ2v) is 6.45. The molecule has 4 nitrogen and oxygen atoms in total. The Morgan fingerprint density at radius 3 is 2.24 bits per heavy atom. The standard InChI is InChI=1S/C15H11IO4S/c1-20-15(19)13-8-11(6-7-12(13)14(17)18)21-10-4-2-9(16)3-5-10/h2-8H,1H3,(H,17,18). The van der Waals surface area contributed by atoms with Crippen molar-refractivity contribution in [1.82, 2.24) is 0 Å². The van der Waals surface area contributed by atoms with Crippen molar-refractivity contribution in [2.75, 3.05) is 7.11 Å². The first-order valence-corrected chi connectivity index (χ1v) is 7.80. The molecule has 0 aliphatic heterocycles. The molecule has 0 spiro atoms. The third-order valence-corrected chi connectivity index (χ3v) is 4.39. The lowest BCUT2D eigenvalue weighted by Crippen LogP contribution is -2.10. The van der Waals surface area contributed by atoms with Crippen LogP contribution in [0.5, 0.6) is 0 Å². The monoisotopic (exact) mass is 414 g/mol. The molecule has 0 bridgehead atoms. The average molecular weight is 414 g/mol. The molecule has 0 amide bonds. The summed E-state index contributed by atoms with van der Waals surface area (Å²) >= 11 is 3.68. The Morgan fingerprint density at radius 2 is 1.67 bits per heavy atom. The van der Waals surface area contributed by atoms with Gasteiger partial charge in [-0.15, -0.1) is 0 Å². The predicted octanol–water partition coefficient (Wildman–Crippen LogP) is 3.93. The number of carbonyl (C=O) groups is 2. The molecular weight excluding hydrogens is 403 g/mol. The highest BCUT2D eigenvalue weighted by Gasteiger charge is 2.17. The molecule has 108 valence electrons. The van der Waals surface area contributed by atoms with Crippen LogP contribution in [-0.2, 0) is 4.74 Å². The molecule has 2 rings (SSSR count). The Hall–Kier alpha value is -1.54. The number of hydrogen-bond donors (Lipinski definition) is 1. The van der Waals surface area contributed by atoms with Crippen molar-refractivity contribution in [2.24, 2.45) is 0 Å². The molecule has 0 saturated carbocycles. The molecular formula is C15H11IO4S. The highest BCUT2D eigenvalue weighted by molar-refractivity contribution is 14.1. The molecule has 0 atom stereocenters. The van der Waals surface area contributed by atoms with Crippen LogP contribution < -0.4 is 0 Å². The number of benzene rings is 2. The maximum absolute atomic E-state index is 11.7. The van der Waals surface area contributed by atoms with E-state index in [-0.39, 0.29) is 11.1 Å². The fraction of sp³-hybridized carbons (Fsp3) is 0.0667. The first-order valence-electron chi connectivity index (χ1n) is 5.90. The first kappa shape index (κ1) is 15.8. The van der Waals surface area contributed by atoms with E-state index in [2.05, 4.69) is 27.3 Å². The van der Waals surface area contributed by atoms with Crippen molar-refractivity contribution in [3.63, 3.8) is 0 Å². The normalized spacial score (nSPS) is 10.2. The van der Waals surface area contributed by atoms with E-state index < -0.39 is 11.9 Å². The van der Waals surface area contributed by atoms with Gasteiger partial charge in [0.1, 0.15) is 0 Å². The highest BCUT2D eigenvalue weighted by Crippen LogP contribution is 2.30. The lowest BCUT2D eigenvalue weighted by Gasteiger charge is -2.07. The van der Waals surface area contributed by atoms with Crippen LogP contribution in [0.15, 0.2) is 52.3 Å². The fourth-order valence-corrected chi connectivity index (χ4v) is 2.91. The largest absolute Gasteiger partial charge is 0.478 e. The SMILES string of the molecule is COC(=O)c1cc(Sc2ccc(I)cc2)ccc1C(=O)O. The molecule has 0 aliphatic rings. The summed E-state index contributed by atoms with van der Waals surface area (Å²) < 4.78 is 5.77. The Balaban J connectivity index is 2.35. The van der Waals surface area contributed by atoms with E-state index in [1.54, 1.807) is 6.07 Å². The van der Waals surface area contributed by atoms with E-state index in [1.165, 1.54) is 31.0 Å². The number of carbonyl (C=O) groups excluding carboxylic acids is 1. The summed E-state index contributed by atoms with van der Waals surface area (Å²) in [7, 11) is 1.23. The number of esters is 1. The van der Waals surface area contributed by atoms with Crippen LogP contribution >= 0.6 is 34.4 Å². The van der Waals surface area contributed by atoms with E-state index >= 15 is 0 Å². The van der Waals surface area contributed by atoms with Gasteiger partial charge in [0.2, 0.25) is 0 Å². The van der Waals surface area contributed by atoms with Gasteiger partial charge in [0.15, 0.2) is 0 Å². The van der Waals surface area contributed by atoms with Crippen LogP contribution in [0.1, 0.15) is 20.7 Å². The third kappa shape index (κ3) is 3.98. The van der Waals surface area contributed by atoms with Crippen LogP contribution in [0.3, 0.4) is 0 Å². The molecule has 0 unspecified atom stereocenters. The van der Waals surface area contributed by atoms with Gasteiger partial charge in [-0.25, -0.2) is 9.59 Å². The summed E-state index contributed by atoms with van der Waals surface area (Å²) in [4.78, 5) is 24.6. The lowest BCUT2D eigenvalue weighted by molar-refractivity contribution is 0.0582. The van der Waals surface area contributed by atoms with Crippen molar-refractivity contribution in [3.05, 3.63) is 57.2 Å². The van der Waals surface area contributed by atoms with E-state index in [0.717, 1.165) is 13.4 Å². The van der Waals surface area contributed by atoms with Gasteiger partial charge < -0.3 is 9.84 Å². The minimum Gasteiger partial charge on any atom is -0.478 e. The number of carboxylic acids is 1. The van der Waals surface area contributed by atoms with Crippen LogP contribution in [0, 0.1) is 3.57 Å². The van der Waals surface area contributed by atoms with Gasteiger partial charge in [-0.05, 0) is 65.1 Å². The second-order valence-electron chi connectivity index (χ2n) is 4.06. The number of aromatic carboxylic acids is 1. The number of hydrogen-bond acceptors (Lipinski definition) is 4. The van der Waals surface area contributed by atoms with Gasteiger partial charge in [0, 0.05) is 13.4 Å². The smallest absolute Gasteiger partial charge is 0.338 e. The van der Waals surface area contributed by atoms with Crippen LogP contribution in [0.25, 0.3) is 0 Å². The van der Waals surface area contributed by atoms with E-state index in [9.17, 15) is 9.59 Å². The minimum absolute atomic E-state index is 0.0560. The molecule has 2 aromatic rings. The number of ether oxygens (including phenoxy) is 1. The number of methoxy groups -OCH3 is 1. The topological polar surface area (TPSA) is 63.6 Å². The van der Waals surface area contributed by atoms with Gasteiger partial charge in [-0.2, -0.15) is 0 Å². The van der Waals surface area contributed by atoms with E-state index in [1.807, 2.05) is 24.3 Å². The predicted molar refractivity (Wildman–Crippen MR) is 88.0 cm³/mol. The van der Waals surface area contributed by atoms with Crippen molar-refractivity contribution < 1.29 is 19.4 Å². The summed E-state index contributed by atoms with van der Waals surface area (Å²) in [6.07, 6.45) is 0. The van der Waals surface area contributed by atoms with Gasteiger partial charge in [0.05, 0.1) is 18.2 Å². The zero-order valence-electron chi connectivity index (χ0n) is 11.0. The van der Waals surface area contributed by atoms with Gasteiger partial charge in [-0.3, -0.25) is 0 Å². The molecule has 0 saturated heterocycles. The van der Waals surface area contributed by atoms with Gasteiger partial charge >= 0.3 is 11.9 Å². The third-order valence-electron chi connectivity index (χ3n) is 2.68. The quantitative estimate of drug-likeness (QED) is 0.607. The van der Waals surface area contributed by atoms with Gasteiger partial charge in [-0.1, -0.05) is 11.8 Å². The van der Waals surface area contributed by atoms with Crippen LogP contribution in [0.4, 0.5) is 0 Å². The minimum atomic E-state index is -1.15. The Labute approximate surface area is 139 Å². The molecule has 6 heteroatoms. The summed E-state index contributed by atoms with van der Waals surface area (Å²) in [5.74, 6) is -1.81. The highest BCUT2D eigenvalue weighted by atomic mass is 127. The summed E-state index contributed by atoms with van der Waals surface area (Å²) in [6.45, 7) is 0. The fourth-order valence-electron chi connectivity index (χ4n) is 1.69. The van der Waals surface area contributed by atoms with Crippen molar-refractivity contribution >= 4 is 46.3 Å². The molecule has 0 radical (unpaired) electrons. The molecule has 21 heavy (non-hydrogen) atoms. The molecule has 0 fully saturated rings. The van der Waals surface area contributed by atoms with E-state index in [4.69, 9.17) is 5.11 Å².